The lowest BCUT2D eigenvalue weighted by Crippen LogP contribution is -2.42. The van der Waals surface area contributed by atoms with Gasteiger partial charge in [-0.2, -0.15) is 5.26 Å². The van der Waals surface area contributed by atoms with E-state index in [0.29, 0.717) is 5.69 Å². The molecule has 0 bridgehead atoms. The summed E-state index contributed by atoms with van der Waals surface area (Å²) in [6.45, 7) is 1.72. The number of nitrogens with zero attached hydrogens (tertiary/aromatic N) is 3. The van der Waals surface area contributed by atoms with Gasteiger partial charge in [0.05, 0.1) is 12.5 Å². The summed E-state index contributed by atoms with van der Waals surface area (Å²) < 4.78 is 0. The number of amides is 2. The van der Waals surface area contributed by atoms with Crippen LogP contribution >= 0.6 is 0 Å². The van der Waals surface area contributed by atoms with Crippen molar-refractivity contribution >= 4 is 28.3 Å². The first-order chi connectivity index (χ1) is 10.5. The standard InChI is InChI=1S/C16H16N4O2/c1-11(6-8-17)20(2)16(22)15(21)19-14-5-3-4-12-10-18-9-7-13(12)14/h3-5,7,9-11H,6H2,1-2H3,(H,19,21). The van der Waals surface area contributed by atoms with Crippen molar-refractivity contribution in [3.05, 3.63) is 36.7 Å². The van der Waals surface area contributed by atoms with Crippen LogP contribution in [0.15, 0.2) is 36.7 Å². The Hall–Kier alpha value is -2.94. The van der Waals surface area contributed by atoms with E-state index in [0.717, 1.165) is 10.8 Å². The summed E-state index contributed by atoms with van der Waals surface area (Å²) in [7, 11) is 1.51. The van der Waals surface area contributed by atoms with Gasteiger partial charge in [-0.3, -0.25) is 14.6 Å². The highest BCUT2D eigenvalue weighted by Gasteiger charge is 2.23. The Balaban J connectivity index is 2.17. The van der Waals surface area contributed by atoms with Crippen LogP contribution < -0.4 is 5.32 Å². The number of hydrogen-bond acceptors (Lipinski definition) is 4. The third-order valence-corrected chi connectivity index (χ3v) is 3.49. The second-order valence-corrected chi connectivity index (χ2v) is 4.98. The van der Waals surface area contributed by atoms with E-state index in [1.807, 2.05) is 12.1 Å². The quantitative estimate of drug-likeness (QED) is 0.877. The number of carbonyl (C=O) groups excluding carboxylic acids is 2. The molecule has 1 aromatic carbocycles. The van der Waals surface area contributed by atoms with Crippen molar-refractivity contribution in [2.24, 2.45) is 0 Å². The normalized spacial score (nSPS) is 11.5. The average Bonchev–Trinajstić information content (AvgIpc) is 2.54. The number of nitriles is 1. The summed E-state index contributed by atoms with van der Waals surface area (Å²) in [6, 6.07) is 8.83. The van der Waals surface area contributed by atoms with E-state index in [1.165, 1.54) is 11.9 Å². The van der Waals surface area contributed by atoms with Gasteiger partial charge in [-0.15, -0.1) is 0 Å². The maximum atomic E-state index is 12.1. The van der Waals surface area contributed by atoms with Crippen molar-refractivity contribution in [3.63, 3.8) is 0 Å². The van der Waals surface area contributed by atoms with E-state index in [-0.39, 0.29) is 12.5 Å². The minimum atomic E-state index is -0.725. The first-order valence-corrected chi connectivity index (χ1v) is 6.82. The number of likely N-dealkylation sites (N-methyl/N-ethyl adjacent to an activating group) is 1. The third kappa shape index (κ3) is 3.20. The van der Waals surface area contributed by atoms with Crippen LogP contribution in [-0.2, 0) is 9.59 Å². The van der Waals surface area contributed by atoms with Gasteiger partial charge in [0.1, 0.15) is 0 Å². The van der Waals surface area contributed by atoms with Crippen molar-refractivity contribution in [2.75, 3.05) is 12.4 Å². The minimum absolute atomic E-state index is 0.176. The molecule has 0 aliphatic carbocycles. The monoisotopic (exact) mass is 296 g/mol. The Morgan fingerprint density at radius 1 is 1.41 bits per heavy atom. The number of nitrogens with one attached hydrogen (secondary N) is 1. The minimum Gasteiger partial charge on any atom is -0.334 e. The maximum absolute atomic E-state index is 12.1. The molecule has 22 heavy (non-hydrogen) atoms. The van der Waals surface area contributed by atoms with Crippen LogP contribution in [-0.4, -0.2) is 34.8 Å². The highest BCUT2D eigenvalue weighted by molar-refractivity contribution is 6.40. The van der Waals surface area contributed by atoms with E-state index < -0.39 is 11.8 Å². The van der Waals surface area contributed by atoms with E-state index in [4.69, 9.17) is 5.26 Å². The summed E-state index contributed by atoms with van der Waals surface area (Å²) in [5.74, 6) is -1.40. The summed E-state index contributed by atoms with van der Waals surface area (Å²) in [5.41, 5.74) is 0.555. The number of carbonyl (C=O) groups is 2. The van der Waals surface area contributed by atoms with Crippen LogP contribution in [0, 0.1) is 11.3 Å². The second kappa shape index (κ2) is 6.68. The average molecular weight is 296 g/mol. The first-order valence-electron chi connectivity index (χ1n) is 6.82. The maximum Gasteiger partial charge on any atom is 0.313 e. The summed E-state index contributed by atoms with van der Waals surface area (Å²) in [6.07, 6.45) is 3.49. The molecule has 1 unspecified atom stereocenters. The Morgan fingerprint density at radius 2 is 2.18 bits per heavy atom. The van der Waals surface area contributed by atoms with Crippen molar-refractivity contribution < 1.29 is 9.59 Å². The number of pyridine rings is 1. The molecule has 0 fully saturated rings. The zero-order chi connectivity index (χ0) is 16.1. The predicted octanol–water partition coefficient (Wildman–Crippen LogP) is 1.93. The second-order valence-electron chi connectivity index (χ2n) is 4.98. The molecule has 0 aliphatic rings. The van der Waals surface area contributed by atoms with E-state index >= 15 is 0 Å². The molecule has 1 heterocycles. The fourth-order valence-corrected chi connectivity index (χ4v) is 2.04. The molecular weight excluding hydrogens is 280 g/mol. The first kappa shape index (κ1) is 15.4. The van der Waals surface area contributed by atoms with Gasteiger partial charge in [-0.1, -0.05) is 12.1 Å². The third-order valence-electron chi connectivity index (χ3n) is 3.49. The number of hydrogen-bond donors (Lipinski definition) is 1. The van der Waals surface area contributed by atoms with Crippen LogP contribution in [0.4, 0.5) is 5.69 Å². The molecule has 2 aromatic rings. The Labute approximate surface area is 128 Å². The lowest BCUT2D eigenvalue weighted by Gasteiger charge is -2.22. The van der Waals surface area contributed by atoms with Gasteiger partial charge in [-0.25, -0.2) is 0 Å². The van der Waals surface area contributed by atoms with Crippen molar-refractivity contribution in [1.82, 2.24) is 9.88 Å². The van der Waals surface area contributed by atoms with Gasteiger partial charge in [0, 0.05) is 41.9 Å². The number of aromatic nitrogens is 1. The predicted molar refractivity (Wildman–Crippen MR) is 82.8 cm³/mol. The number of anilines is 1. The molecule has 0 saturated heterocycles. The van der Waals surface area contributed by atoms with Gasteiger partial charge >= 0.3 is 11.8 Å². The molecule has 2 amide bonds. The van der Waals surface area contributed by atoms with Crippen molar-refractivity contribution in [3.8, 4) is 6.07 Å². The van der Waals surface area contributed by atoms with Gasteiger partial charge in [0.2, 0.25) is 0 Å². The van der Waals surface area contributed by atoms with Gasteiger partial charge in [0.25, 0.3) is 0 Å². The van der Waals surface area contributed by atoms with Gasteiger partial charge in [-0.05, 0) is 19.1 Å². The van der Waals surface area contributed by atoms with E-state index in [2.05, 4.69) is 10.3 Å². The molecule has 1 N–H and O–H groups in total. The van der Waals surface area contributed by atoms with Crippen molar-refractivity contribution in [2.45, 2.75) is 19.4 Å². The van der Waals surface area contributed by atoms with E-state index in [9.17, 15) is 9.59 Å². The SMILES string of the molecule is CC(CC#N)N(C)C(=O)C(=O)Nc1cccc2cnccc12. The summed E-state index contributed by atoms with van der Waals surface area (Å²) in [4.78, 5) is 29.5. The van der Waals surface area contributed by atoms with Crippen LogP contribution in [0.3, 0.4) is 0 Å². The zero-order valence-corrected chi connectivity index (χ0v) is 12.4. The molecule has 0 spiro atoms. The zero-order valence-electron chi connectivity index (χ0n) is 12.4. The molecule has 2 rings (SSSR count). The largest absolute Gasteiger partial charge is 0.334 e. The molecule has 6 nitrogen and oxygen atoms in total. The topological polar surface area (TPSA) is 86.1 Å². The number of benzene rings is 1. The number of fused-ring (bicyclic) bond motifs is 1. The van der Waals surface area contributed by atoms with Crippen LogP contribution in [0.5, 0.6) is 0 Å². The summed E-state index contributed by atoms with van der Waals surface area (Å²) >= 11 is 0. The molecule has 112 valence electrons. The highest BCUT2D eigenvalue weighted by Crippen LogP contribution is 2.22. The Kier molecular flexibility index (Phi) is 4.69. The molecular formula is C16H16N4O2. The highest BCUT2D eigenvalue weighted by atomic mass is 16.2. The summed E-state index contributed by atoms with van der Waals surface area (Å²) in [5, 5.41) is 13.0. The molecule has 1 atom stereocenters. The lowest BCUT2D eigenvalue weighted by molar-refractivity contribution is -0.143. The molecule has 6 heteroatoms. The molecule has 0 aliphatic heterocycles. The van der Waals surface area contributed by atoms with E-state index in [1.54, 1.807) is 37.5 Å². The molecule has 0 saturated carbocycles. The fourth-order valence-electron chi connectivity index (χ4n) is 2.04. The Bertz CT molecular complexity index is 746. The van der Waals surface area contributed by atoms with Crippen LogP contribution in [0.1, 0.15) is 13.3 Å². The van der Waals surface area contributed by atoms with Crippen LogP contribution in [0.2, 0.25) is 0 Å². The van der Waals surface area contributed by atoms with Gasteiger partial charge in [0.15, 0.2) is 0 Å². The van der Waals surface area contributed by atoms with Crippen LogP contribution in [0.25, 0.3) is 10.8 Å². The molecule has 0 radical (unpaired) electrons. The smallest absolute Gasteiger partial charge is 0.313 e. The lowest BCUT2D eigenvalue weighted by atomic mass is 10.1. The number of rotatable bonds is 3. The molecule has 1 aromatic heterocycles. The fraction of sp³-hybridized carbons (Fsp3) is 0.250. The Morgan fingerprint density at radius 3 is 2.91 bits per heavy atom. The van der Waals surface area contributed by atoms with Gasteiger partial charge < -0.3 is 10.2 Å². The van der Waals surface area contributed by atoms with Crippen molar-refractivity contribution in [1.29, 1.82) is 5.26 Å².